The van der Waals surface area contributed by atoms with Gasteiger partial charge in [0.05, 0.1) is 29.1 Å². The Kier molecular flexibility index (Phi) is 6.68. The van der Waals surface area contributed by atoms with Crippen LogP contribution in [0.25, 0.3) is 0 Å². The van der Waals surface area contributed by atoms with E-state index in [1.807, 2.05) is 0 Å². The second kappa shape index (κ2) is 9.27. The maximum absolute atomic E-state index is 12.7. The maximum Gasteiger partial charge on any atom is 0.326 e. The molecule has 168 valence electrons. The molecule has 1 unspecified atom stereocenters. The summed E-state index contributed by atoms with van der Waals surface area (Å²) >= 11 is 0. The van der Waals surface area contributed by atoms with Crippen molar-refractivity contribution in [3.63, 3.8) is 0 Å². The number of carboxylic acid groups (broad SMARTS) is 1. The van der Waals surface area contributed by atoms with Gasteiger partial charge >= 0.3 is 5.97 Å². The Hall–Kier alpha value is -3.60. The molecule has 3 amide bonds. The van der Waals surface area contributed by atoms with E-state index in [1.54, 1.807) is 24.4 Å². The highest BCUT2D eigenvalue weighted by Crippen LogP contribution is 2.25. The average Bonchev–Trinajstić information content (AvgIpc) is 3.01. The van der Waals surface area contributed by atoms with E-state index in [-0.39, 0.29) is 41.2 Å². The Morgan fingerprint density at radius 1 is 1.12 bits per heavy atom. The number of hydrogen-bond donors (Lipinski definition) is 2. The molecule has 2 heterocycles. The average molecular weight is 459 g/mol. The zero-order valence-electron chi connectivity index (χ0n) is 17.1. The Bertz CT molecular complexity index is 1180. The molecule has 10 nitrogen and oxygen atoms in total. The number of nitrogens with one attached hydrogen (secondary N) is 1. The first-order valence-electron chi connectivity index (χ1n) is 9.77. The van der Waals surface area contributed by atoms with Gasteiger partial charge in [0.2, 0.25) is 0 Å². The molecule has 0 aliphatic carbocycles. The fourth-order valence-electron chi connectivity index (χ4n) is 3.17. The predicted molar refractivity (Wildman–Crippen MR) is 113 cm³/mol. The molecule has 1 aliphatic heterocycles. The third-order valence-electron chi connectivity index (χ3n) is 5.04. The molecule has 0 bridgehead atoms. The Morgan fingerprint density at radius 2 is 1.84 bits per heavy atom. The van der Waals surface area contributed by atoms with Gasteiger partial charge in [-0.25, -0.2) is 13.2 Å². The van der Waals surface area contributed by atoms with Crippen LogP contribution in [0.2, 0.25) is 0 Å². The molecule has 1 aliphatic rings. The molecule has 1 atom stereocenters. The van der Waals surface area contributed by atoms with E-state index in [0.29, 0.717) is 5.69 Å². The number of carboxylic acids is 1. The molecule has 2 aromatic rings. The summed E-state index contributed by atoms with van der Waals surface area (Å²) in [7, 11) is -3.41. The summed E-state index contributed by atoms with van der Waals surface area (Å²) in [6.45, 7) is 1.42. The number of sulfone groups is 1. The fraction of sp³-hybridized carbons (Fsp3) is 0.286. The number of amides is 3. The number of benzene rings is 1. The summed E-state index contributed by atoms with van der Waals surface area (Å²) in [5.74, 6) is -3.80. The number of imide groups is 1. The number of carbonyl (C=O) groups excluding carboxylic acids is 3. The van der Waals surface area contributed by atoms with Gasteiger partial charge in [0.1, 0.15) is 15.9 Å². The van der Waals surface area contributed by atoms with E-state index in [0.717, 1.165) is 4.90 Å². The van der Waals surface area contributed by atoms with Crippen molar-refractivity contribution in [1.29, 1.82) is 0 Å². The quantitative estimate of drug-likeness (QED) is 0.525. The van der Waals surface area contributed by atoms with Crippen LogP contribution in [0.3, 0.4) is 0 Å². The highest BCUT2D eigenvalue weighted by Gasteiger charge is 2.36. The van der Waals surface area contributed by atoms with Crippen molar-refractivity contribution in [3.8, 4) is 0 Å². The first kappa shape index (κ1) is 23.1. The van der Waals surface area contributed by atoms with E-state index in [1.165, 1.54) is 25.1 Å². The summed E-state index contributed by atoms with van der Waals surface area (Å²) in [4.78, 5) is 54.5. The van der Waals surface area contributed by atoms with E-state index in [9.17, 15) is 32.7 Å². The lowest BCUT2D eigenvalue weighted by Gasteiger charge is -2.14. The smallest absolute Gasteiger partial charge is 0.326 e. The third-order valence-corrected chi connectivity index (χ3v) is 6.78. The molecule has 1 aromatic heterocycles. The van der Waals surface area contributed by atoms with Crippen LogP contribution < -0.4 is 5.32 Å². The monoisotopic (exact) mass is 459 g/mol. The van der Waals surface area contributed by atoms with E-state index >= 15 is 0 Å². The molecular formula is C21H21N3O7S. The molecule has 0 saturated carbocycles. The molecule has 1 aromatic carbocycles. The number of aromatic nitrogens is 1. The summed E-state index contributed by atoms with van der Waals surface area (Å²) in [6, 6.07) is 7.56. The minimum Gasteiger partial charge on any atom is -0.480 e. The van der Waals surface area contributed by atoms with Crippen LogP contribution in [0.5, 0.6) is 0 Å². The van der Waals surface area contributed by atoms with Crippen molar-refractivity contribution in [2.24, 2.45) is 0 Å². The van der Waals surface area contributed by atoms with E-state index < -0.39 is 39.6 Å². The normalized spacial score (nSPS) is 14.2. The lowest BCUT2D eigenvalue weighted by atomic mass is 10.0. The van der Waals surface area contributed by atoms with Crippen molar-refractivity contribution in [1.82, 2.24) is 15.2 Å². The van der Waals surface area contributed by atoms with Gasteiger partial charge in [-0.05, 0) is 36.8 Å². The van der Waals surface area contributed by atoms with Crippen molar-refractivity contribution in [2.45, 2.75) is 25.9 Å². The number of hydrogen-bond acceptors (Lipinski definition) is 7. The van der Waals surface area contributed by atoms with Crippen LogP contribution in [0.4, 0.5) is 0 Å². The van der Waals surface area contributed by atoms with Crippen molar-refractivity contribution in [2.75, 3.05) is 11.5 Å². The van der Waals surface area contributed by atoms with Crippen molar-refractivity contribution >= 4 is 33.5 Å². The summed E-state index contributed by atoms with van der Waals surface area (Å²) in [5.41, 5.74) is 0.658. The van der Waals surface area contributed by atoms with Crippen LogP contribution >= 0.6 is 0 Å². The Morgan fingerprint density at radius 3 is 2.47 bits per heavy atom. The number of aliphatic carboxylic acids is 1. The second-order valence-corrected chi connectivity index (χ2v) is 9.64. The first-order valence-corrected chi connectivity index (χ1v) is 11.6. The zero-order valence-corrected chi connectivity index (χ0v) is 18.0. The summed E-state index contributed by atoms with van der Waals surface area (Å²) in [6.07, 6.45) is 1.25. The van der Waals surface area contributed by atoms with Crippen molar-refractivity contribution in [3.05, 3.63) is 65.0 Å². The number of nitrogens with zero attached hydrogens (tertiary/aromatic N) is 2. The van der Waals surface area contributed by atoms with Crippen LogP contribution in [-0.4, -0.2) is 64.6 Å². The minimum atomic E-state index is -3.41. The second-order valence-electron chi connectivity index (χ2n) is 7.17. The fourth-order valence-corrected chi connectivity index (χ4v) is 4.05. The van der Waals surface area contributed by atoms with Crippen molar-refractivity contribution < 1.29 is 32.7 Å². The number of fused-ring (bicyclic) bond motifs is 1. The molecule has 0 saturated heterocycles. The Labute approximate surface area is 184 Å². The van der Waals surface area contributed by atoms with Gasteiger partial charge in [-0.2, -0.15) is 0 Å². The van der Waals surface area contributed by atoms with Crippen LogP contribution in [0.1, 0.15) is 50.1 Å². The first-order chi connectivity index (χ1) is 15.1. The van der Waals surface area contributed by atoms with Crippen LogP contribution in [-0.2, 0) is 21.2 Å². The molecule has 0 fully saturated rings. The Balaban J connectivity index is 1.76. The van der Waals surface area contributed by atoms with Gasteiger partial charge in [-0.3, -0.25) is 24.3 Å². The lowest BCUT2D eigenvalue weighted by Crippen LogP contribution is -2.42. The SMILES string of the molecule is CCS(=O)(=O)CCC(NC(=O)c1ccc2c(c1)C(=O)N(Cc1ccccn1)C2=O)C(=O)O. The number of carbonyl (C=O) groups is 4. The lowest BCUT2D eigenvalue weighted by molar-refractivity contribution is -0.139. The van der Waals surface area contributed by atoms with Gasteiger partial charge in [0.15, 0.2) is 0 Å². The topological polar surface area (TPSA) is 151 Å². The number of rotatable bonds is 9. The molecular weight excluding hydrogens is 438 g/mol. The van der Waals surface area contributed by atoms with Gasteiger partial charge in [0, 0.05) is 17.5 Å². The largest absolute Gasteiger partial charge is 0.480 e. The summed E-state index contributed by atoms with van der Waals surface area (Å²) < 4.78 is 23.3. The highest BCUT2D eigenvalue weighted by molar-refractivity contribution is 7.91. The van der Waals surface area contributed by atoms with Crippen LogP contribution in [0.15, 0.2) is 42.6 Å². The van der Waals surface area contributed by atoms with Gasteiger partial charge in [-0.1, -0.05) is 13.0 Å². The maximum atomic E-state index is 12.7. The van der Waals surface area contributed by atoms with Crippen LogP contribution in [0, 0.1) is 0 Å². The third kappa shape index (κ3) is 4.99. The van der Waals surface area contributed by atoms with Gasteiger partial charge in [0.25, 0.3) is 17.7 Å². The van der Waals surface area contributed by atoms with E-state index in [2.05, 4.69) is 10.3 Å². The highest BCUT2D eigenvalue weighted by atomic mass is 32.2. The number of pyridine rings is 1. The molecule has 0 spiro atoms. The van der Waals surface area contributed by atoms with Gasteiger partial charge in [-0.15, -0.1) is 0 Å². The molecule has 3 rings (SSSR count). The molecule has 0 radical (unpaired) electrons. The van der Waals surface area contributed by atoms with Gasteiger partial charge < -0.3 is 10.4 Å². The minimum absolute atomic E-state index is 0.0193. The zero-order chi connectivity index (χ0) is 23.5. The molecule has 11 heteroatoms. The predicted octanol–water partition coefficient (Wildman–Crippen LogP) is 0.886. The molecule has 32 heavy (non-hydrogen) atoms. The standard InChI is InChI=1S/C21H21N3O7S/c1-2-32(30,31)10-8-17(21(28)29)23-18(25)13-6-7-15-16(11-13)20(27)24(19(15)26)12-14-5-3-4-9-22-14/h3-7,9,11,17H,2,8,10,12H2,1H3,(H,23,25)(H,28,29). The molecule has 2 N–H and O–H groups in total. The summed E-state index contributed by atoms with van der Waals surface area (Å²) in [5, 5.41) is 11.6. The van der Waals surface area contributed by atoms with E-state index in [4.69, 9.17) is 0 Å².